The molecular weight excluding hydrogens is 398 g/mol. The van der Waals surface area contributed by atoms with Crippen molar-refractivity contribution in [2.24, 2.45) is 0 Å². The van der Waals surface area contributed by atoms with Gasteiger partial charge < -0.3 is 10.6 Å². The molecule has 6 heteroatoms. The van der Waals surface area contributed by atoms with Crippen LogP contribution in [0.15, 0.2) is 60.7 Å². The fraction of sp³-hybridized carbons (Fsp3) is 0.250. The first-order valence-electron chi connectivity index (χ1n) is 10.2. The summed E-state index contributed by atoms with van der Waals surface area (Å²) in [5, 5.41) is 8.60. The second kappa shape index (κ2) is 9.28. The summed E-state index contributed by atoms with van der Waals surface area (Å²) in [6.45, 7) is 3.39. The van der Waals surface area contributed by atoms with Gasteiger partial charge in [0.25, 0.3) is 5.91 Å². The maximum atomic E-state index is 12.5. The summed E-state index contributed by atoms with van der Waals surface area (Å²) < 4.78 is 0. The van der Waals surface area contributed by atoms with E-state index in [1.165, 1.54) is 0 Å². The highest BCUT2D eigenvalue weighted by molar-refractivity contribution is 6.30. The van der Waals surface area contributed by atoms with Crippen LogP contribution in [0.2, 0.25) is 5.02 Å². The van der Waals surface area contributed by atoms with Crippen molar-refractivity contribution in [1.82, 2.24) is 15.5 Å². The highest BCUT2D eigenvalue weighted by atomic mass is 35.5. The predicted octanol–water partition coefficient (Wildman–Crippen LogP) is 3.71. The van der Waals surface area contributed by atoms with Crippen LogP contribution in [-0.4, -0.2) is 49.4 Å². The Labute approximate surface area is 181 Å². The van der Waals surface area contributed by atoms with Gasteiger partial charge in [-0.25, -0.2) is 0 Å². The number of halogens is 1. The monoisotopic (exact) mass is 421 g/mol. The second-order valence-electron chi connectivity index (χ2n) is 7.52. The number of nitrogens with zero attached hydrogens (tertiary/aromatic N) is 1. The topological polar surface area (TPSA) is 61.4 Å². The van der Waals surface area contributed by atoms with Crippen molar-refractivity contribution in [3.63, 3.8) is 0 Å². The SMILES string of the molecule is O=C1CN(CCCNC(=O)c2ccc3cc(-c4cccc(Cl)c4)ccc3c2)CCN1. The Balaban J connectivity index is 1.36. The average molecular weight is 422 g/mol. The van der Waals surface area contributed by atoms with Gasteiger partial charge in [0.05, 0.1) is 6.54 Å². The van der Waals surface area contributed by atoms with E-state index >= 15 is 0 Å². The van der Waals surface area contributed by atoms with Crippen LogP contribution in [0, 0.1) is 0 Å². The molecule has 5 nitrogen and oxygen atoms in total. The Bertz CT molecular complexity index is 1080. The number of piperazine rings is 1. The Hall–Kier alpha value is -2.89. The molecule has 1 aliphatic rings. The molecule has 0 aliphatic carbocycles. The molecule has 0 bridgehead atoms. The summed E-state index contributed by atoms with van der Waals surface area (Å²) in [5.74, 6) is -0.00725. The first-order valence-corrected chi connectivity index (χ1v) is 10.5. The van der Waals surface area contributed by atoms with Gasteiger partial charge in [0.15, 0.2) is 0 Å². The largest absolute Gasteiger partial charge is 0.354 e. The molecule has 2 N–H and O–H groups in total. The quantitative estimate of drug-likeness (QED) is 0.596. The van der Waals surface area contributed by atoms with Crippen molar-refractivity contribution in [3.05, 3.63) is 71.2 Å². The molecule has 1 saturated heterocycles. The highest BCUT2D eigenvalue weighted by Crippen LogP contribution is 2.27. The molecule has 0 unspecified atom stereocenters. The Kier molecular flexibility index (Phi) is 6.31. The molecule has 0 atom stereocenters. The van der Waals surface area contributed by atoms with Gasteiger partial charge in [0.2, 0.25) is 5.91 Å². The van der Waals surface area contributed by atoms with Crippen LogP contribution in [0.1, 0.15) is 16.8 Å². The van der Waals surface area contributed by atoms with Crippen molar-refractivity contribution in [2.45, 2.75) is 6.42 Å². The Morgan fingerprint density at radius 1 is 1.03 bits per heavy atom. The number of fused-ring (bicyclic) bond motifs is 1. The van der Waals surface area contributed by atoms with Crippen LogP contribution < -0.4 is 10.6 Å². The lowest BCUT2D eigenvalue weighted by Gasteiger charge is -2.26. The summed E-state index contributed by atoms with van der Waals surface area (Å²) in [4.78, 5) is 26.0. The van der Waals surface area contributed by atoms with Crippen molar-refractivity contribution in [3.8, 4) is 11.1 Å². The second-order valence-corrected chi connectivity index (χ2v) is 7.96. The molecular formula is C24H24ClN3O2. The molecule has 1 fully saturated rings. The molecule has 30 heavy (non-hydrogen) atoms. The van der Waals surface area contributed by atoms with E-state index in [-0.39, 0.29) is 11.8 Å². The maximum absolute atomic E-state index is 12.5. The zero-order valence-electron chi connectivity index (χ0n) is 16.7. The molecule has 3 aromatic carbocycles. The van der Waals surface area contributed by atoms with Gasteiger partial charge in [-0.2, -0.15) is 0 Å². The number of amides is 2. The van der Waals surface area contributed by atoms with Gasteiger partial charge >= 0.3 is 0 Å². The predicted molar refractivity (Wildman–Crippen MR) is 121 cm³/mol. The first-order chi connectivity index (χ1) is 14.6. The van der Waals surface area contributed by atoms with Crippen molar-refractivity contribution in [2.75, 3.05) is 32.7 Å². The van der Waals surface area contributed by atoms with E-state index in [4.69, 9.17) is 11.6 Å². The van der Waals surface area contributed by atoms with E-state index < -0.39 is 0 Å². The number of rotatable bonds is 6. The molecule has 154 valence electrons. The van der Waals surface area contributed by atoms with E-state index in [2.05, 4.69) is 21.6 Å². The first kappa shape index (κ1) is 20.4. The normalized spacial score (nSPS) is 14.5. The number of carbonyl (C=O) groups excluding carboxylic acids is 2. The Morgan fingerprint density at radius 2 is 1.83 bits per heavy atom. The third-order valence-electron chi connectivity index (χ3n) is 5.31. The zero-order valence-corrected chi connectivity index (χ0v) is 17.4. The lowest BCUT2D eigenvalue weighted by molar-refractivity contribution is -0.124. The average Bonchev–Trinajstić information content (AvgIpc) is 2.76. The molecule has 0 saturated carbocycles. The lowest BCUT2D eigenvalue weighted by atomic mass is 10.00. The summed E-state index contributed by atoms with van der Waals surface area (Å²) in [6.07, 6.45) is 0.815. The van der Waals surface area contributed by atoms with Crippen molar-refractivity contribution < 1.29 is 9.59 Å². The molecule has 1 heterocycles. The van der Waals surface area contributed by atoms with Gasteiger partial charge in [-0.05, 0) is 58.7 Å². The third-order valence-corrected chi connectivity index (χ3v) is 5.55. The van der Waals surface area contributed by atoms with Gasteiger partial charge in [-0.1, -0.05) is 41.9 Å². The van der Waals surface area contributed by atoms with Crippen LogP contribution in [0.3, 0.4) is 0 Å². The number of hydrogen-bond acceptors (Lipinski definition) is 3. The molecule has 0 spiro atoms. The fourth-order valence-electron chi connectivity index (χ4n) is 3.72. The molecule has 0 aromatic heterocycles. The third kappa shape index (κ3) is 4.99. The van der Waals surface area contributed by atoms with Crippen LogP contribution in [-0.2, 0) is 4.79 Å². The number of benzene rings is 3. The minimum atomic E-state index is -0.0767. The van der Waals surface area contributed by atoms with E-state index in [1.54, 1.807) is 0 Å². The smallest absolute Gasteiger partial charge is 0.251 e. The number of carbonyl (C=O) groups is 2. The fourth-order valence-corrected chi connectivity index (χ4v) is 3.91. The summed E-state index contributed by atoms with van der Waals surface area (Å²) >= 11 is 6.11. The number of nitrogens with one attached hydrogen (secondary N) is 2. The van der Waals surface area contributed by atoms with E-state index in [1.807, 2.05) is 54.6 Å². The summed E-state index contributed by atoms with van der Waals surface area (Å²) in [7, 11) is 0. The molecule has 4 rings (SSSR count). The van der Waals surface area contributed by atoms with Crippen LogP contribution in [0.5, 0.6) is 0 Å². The van der Waals surface area contributed by atoms with Crippen LogP contribution in [0.4, 0.5) is 0 Å². The van der Waals surface area contributed by atoms with E-state index in [0.29, 0.717) is 30.2 Å². The minimum absolute atomic E-state index is 0.0694. The summed E-state index contributed by atoms with van der Waals surface area (Å²) in [6, 6.07) is 19.7. The molecule has 3 aromatic rings. The number of hydrogen-bond donors (Lipinski definition) is 2. The molecule has 0 radical (unpaired) electrons. The Morgan fingerprint density at radius 3 is 2.67 bits per heavy atom. The minimum Gasteiger partial charge on any atom is -0.354 e. The zero-order chi connectivity index (χ0) is 20.9. The van der Waals surface area contributed by atoms with Gasteiger partial charge in [0.1, 0.15) is 0 Å². The maximum Gasteiger partial charge on any atom is 0.251 e. The molecule has 2 amide bonds. The molecule has 1 aliphatic heterocycles. The van der Waals surface area contributed by atoms with Gasteiger partial charge in [-0.3, -0.25) is 14.5 Å². The van der Waals surface area contributed by atoms with Crippen molar-refractivity contribution >= 4 is 34.2 Å². The van der Waals surface area contributed by atoms with Crippen LogP contribution in [0.25, 0.3) is 21.9 Å². The van der Waals surface area contributed by atoms with E-state index in [9.17, 15) is 9.59 Å². The highest BCUT2D eigenvalue weighted by Gasteiger charge is 2.15. The van der Waals surface area contributed by atoms with E-state index in [0.717, 1.165) is 41.4 Å². The van der Waals surface area contributed by atoms with Gasteiger partial charge in [-0.15, -0.1) is 0 Å². The van der Waals surface area contributed by atoms with Crippen LogP contribution >= 0.6 is 11.6 Å². The standard InChI is InChI=1S/C24H24ClN3O2/c25-22-4-1-3-17(15-22)18-5-6-20-14-21(8-7-19(20)13-18)24(30)27-9-2-11-28-12-10-26-23(29)16-28/h1,3-8,13-15H,2,9-12,16H2,(H,26,29)(H,27,30). The van der Waals surface area contributed by atoms with Crippen molar-refractivity contribution in [1.29, 1.82) is 0 Å². The lowest BCUT2D eigenvalue weighted by Crippen LogP contribution is -2.48. The van der Waals surface area contributed by atoms with Gasteiger partial charge in [0, 0.05) is 36.8 Å². The summed E-state index contributed by atoms with van der Waals surface area (Å²) in [5.41, 5.74) is 2.81.